The highest BCUT2D eigenvalue weighted by atomic mass is 16.5. The molecule has 0 amide bonds. The number of aliphatic hydroxyl groups excluding tert-OH is 2. The van der Waals surface area contributed by atoms with Crippen LogP contribution >= 0.6 is 0 Å². The zero-order chi connectivity index (χ0) is 15.1. The molecule has 0 aromatic heterocycles. The number of para-hydroxylation sites is 4. The lowest BCUT2D eigenvalue weighted by Crippen LogP contribution is -2.59. The summed E-state index contributed by atoms with van der Waals surface area (Å²) in [6, 6.07) is 15.3. The molecule has 1 fully saturated rings. The van der Waals surface area contributed by atoms with Crippen molar-refractivity contribution in [3.63, 3.8) is 0 Å². The highest BCUT2D eigenvalue weighted by Crippen LogP contribution is 2.47. The first kappa shape index (κ1) is 13.6. The van der Waals surface area contributed by atoms with E-state index in [-0.39, 0.29) is 6.04 Å². The highest BCUT2D eigenvalue weighted by molar-refractivity contribution is 5.78. The van der Waals surface area contributed by atoms with Gasteiger partial charge in [-0.05, 0) is 24.3 Å². The fourth-order valence-electron chi connectivity index (χ4n) is 3.21. The number of nitrogens with zero attached hydrogens (tertiary/aromatic N) is 1. The zero-order valence-corrected chi connectivity index (χ0v) is 12.0. The Hall–Kier alpha value is -2.08. The molecule has 0 bridgehead atoms. The van der Waals surface area contributed by atoms with Gasteiger partial charge in [0.1, 0.15) is 6.10 Å². The molecule has 5 nitrogen and oxygen atoms in total. The Morgan fingerprint density at radius 1 is 0.909 bits per heavy atom. The van der Waals surface area contributed by atoms with E-state index in [0.29, 0.717) is 13.1 Å². The van der Waals surface area contributed by atoms with Gasteiger partial charge in [0.05, 0.1) is 23.5 Å². The molecule has 2 aliphatic heterocycles. The molecule has 1 saturated heterocycles. The molecule has 0 unspecified atom stereocenters. The fourth-order valence-corrected chi connectivity index (χ4v) is 3.21. The van der Waals surface area contributed by atoms with Crippen LogP contribution < -0.4 is 15.0 Å². The molecule has 2 aliphatic rings. The molecule has 3 atom stereocenters. The van der Waals surface area contributed by atoms with Crippen LogP contribution in [0.5, 0.6) is 11.5 Å². The molecule has 0 aliphatic carbocycles. The quantitative estimate of drug-likeness (QED) is 0.747. The van der Waals surface area contributed by atoms with E-state index in [2.05, 4.69) is 10.2 Å². The van der Waals surface area contributed by atoms with Gasteiger partial charge in [-0.2, -0.15) is 0 Å². The van der Waals surface area contributed by atoms with Gasteiger partial charge in [0.2, 0.25) is 0 Å². The lowest BCUT2D eigenvalue weighted by molar-refractivity contribution is -0.0114. The number of aliphatic hydroxyl groups is 2. The molecule has 0 saturated carbocycles. The van der Waals surface area contributed by atoms with Gasteiger partial charge >= 0.3 is 0 Å². The normalized spacial score (nSPS) is 26.8. The molecule has 3 N–H and O–H groups in total. The number of hydrogen-bond acceptors (Lipinski definition) is 5. The minimum Gasteiger partial charge on any atom is -0.453 e. The van der Waals surface area contributed by atoms with E-state index in [1.165, 1.54) is 0 Å². The van der Waals surface area contributed by atoms with Gasteiger partial charge in [-0.25, -0.2) is 0 Å². The summed E-state index contributed by atoms with van der Waals surface area (Å²) < 4.78 is 5.95. The predicted octanol–water partition coefficient (Wildman–Crippen LogP) is 1.62. The second-order valence-electron chi connectivity index (χ2n) is 5.69. The van der Waals surface area contributed by atoms with Gasteiger partial charge in [-0.1, -0.05) is 24.3 Å². The summed E-state index contributed by atoms with van der Waals surface area (Å²) in [7, 11) is 0. The first-order chi connectivity index (χ1) is 10.8. The Labute approximate surface area is 128 Å². The summed E-state index contributed by atoms with van der Waals surface area (Å²) in [6.07, 6.45) is -1.60. The molecule has 2 heterocycles. The SMILES string of the molecule is O[C@H]1[C@@H](O)CNC[C@@H]1N1c2ccccc2Oc2ccccc21. The molecule has 22 heavy (non-hydrogen) atoms. The molecule has 0 radical (unpaired) electrons. The van der Waals surface area contributed by atoms with Crippen molar-refractivity contribution in [3.8, 4) is 11.5 Å². The minimum absolute atomic E-state index is 0.255. The van der Waals surface area contributed by atoms with E-state index in [4.69, 9.17) is 4.74 Å². The Morgan fingerprint density at radius 3 is 2.14 bits per heavy atom. The molecule has 0 spiro atoms. The standard InChI is InChI=1S/C17H18N2O3/c20-14-10-18-9-13(17(14)21)19-11-5-1-3-7-15(11)22-16-8-4-2-6-12(16)19/h1-8,13-14,17-18,20-21H,9-10H2/t13-,14-,17+/m0/s1. The van der Waals surface area contributed by atoms with E-state index in [1.54, 1.807) is 0 Å². The summed E-state index contributed by atoms with van der Waals surface area (Å²) in [6.45, 7) is 1.01. The van der Waals surface area contributed by atoms with E-state index < -0.39 is 12.2 Å². The molecule has 2 aromatic carbocycles. The van der Waals surface area contributed by atoms with E-state index in [0.717, 1.165) is 22.9 Å². The number of fused-ring (bicyclic) bond motifs is 2. The Balaban J connectivity index is 1.84. The van der Waals surface area contributed by atoms with Crippen LogP contribution in [0.2, 0.25) is 0 Å². The van der Waals surface area contributed by atoms with Gasteiger partial charge in [0, 0.05) is 13.1 Å². The number of ether oxygens (including phenoxy) is 1. The Kier molecular flexibility index (Phi) is 3.26. The monoisotopic (exact) mass is 298 g/mol. The summed E-state index contributed by atoms with van der Waals surface area (Å²) in [4.78, 5) is 2.06. The molecule has 2 aromatic rings. The van der Waals surface area contributed by atoms with E-state index in [1.807, 2.05) is 48.5 Å². The lowest BCUT2D eigenvalue weighted by Gasteiger charge is -2.43. The molecular weight excluding hydrogens is 280 g/mol. The number of benzene rings is 2. The van der Waals surface area contributed by atoms with Crippen molar-refractivity contribution in [1.29, 1.82) is 0 Å². The lowest BCUT2D eigenvalue weighted by atomic mass is 9.97. The third-order valence-electron chi connectivity index (χ3n) is 4.30. The van der Waals surface area contributed by atoms with E-state index >= 15 is 0 Å². The second kappa shape index (κ2) is 5.28. The number of nitrogens with one attached hydrogen (secondary N) is 1. The first-order valence-corrected chi connectivity index (χ1v) is 7.48. The van der Waals surface area contributed by atoms with Crippen LogP contribution in [0.15, 0.2) is 48.5 Å². The Morgan fingerprint density at radius 2 is 1.50 bits per heavy atom. The van der Waals surface area contributed by atoms with Crippen molar-refractivity contribution >= 4 is 11.4 Å². The molecular formula is C17H18N2O3. The first-order valence-electron chi connectivity index (χ1n) is 7.48. The van der Waals surface area contributed by atoms with Crippen LogP contribution in [0.25, 0.3) is 0 Å². The smallest absolute Gasteiger partial charge is 0.151 e. The van der Waals surface area contributed by atoms with Gasteiger partial charge in [-0.3, -0.25) is 0 Å². The fraction of sp³-hybridized carbons (Fsp3) is 0.294. The average Bonchev–Trinajstić information content (AvgIpc) is 2.55. The van der Waals surface area contributed by atoms with Crippen molar-refractivity contribution in [2.45, 2.75) is 18.2 Å². The van der Waals surface area contributed by atoms with Crippen molar-refractivity contribution in [1.82, 2.24) is 5.32 Å². The van der Waals surface area contributed by atoms with E-state index in [9.17, 15) is 10.2 Å². The van der Waals surface area contributed by atoms with Crippen molar-refractivity contribution in [2.24, 2.45) is 0 Å². The maximum atomic E-state index is 10.5. The van der Waals surface area contributed by atoms with Crippen molar-refractivity contribution < 1.29 is 14.9 Å². The second-order valence-corrected chi connectivity index (χ2v) is 5.69. The van der Waals surface area contributed by atoms with Crippen LogP contribution in [-0.2, 0) is 0 Å². The minimum atomic E-state index is -0.819. The number of β-amino-alcohol motifs (C(OH)–C–C–N with tert-alkyl or cyclic N) is 1. The van der Waals surface area contributed by atoms with Crippen LogP contribution in [0.1, 0.15) is 0 Å². The van der Waals surface area contributed by atoms with Crippen LogP contribution in [-0.4, -0.2) is 41.6 Å². The van der Waals surface area contributed by atoms with Gasteiger partial charge in [0.25, 0.3) is 0 Å². The maximum absolute atomic E-state index is 10.5. The van der Waals surface area contributed by atoms with Crippen LogP contribution in [0, 0.1) is 0 Å². The number of rotatable bonds is 1. The van der Waals surface area contributed by atoms with Gasteiger partial charge in [-0.15, -0.1) is 0 Å². The summed E-state index contributed by atoms with van der Waals surface area (Å²) in [5, 5.41) is 23.7. The van der Waals surface area contributed by atoms with Crippen LogP contribution in [0.4, 0.5) is 11.4 Å². The predicted molar refractivity (Wildman–Crippen MR) is 83.8 cm³/mol. The summed E-state index contributed by atoms with van der Waals surface area (Å²) in [5.41, 5.74) is 1.81. The van der Waals surface area contributed by atoms with Crippen molar-refractivity contribution in [2.75, 3.05) is 18.0 Å². The highest BCUT2D eigenvalue weighted by Gasteiger charge is 2.38. The summed E-state index contributed by atoms with van der Waals surface area (Å²) in [5.74, 6) is 1.52. The van der Waals surface area contributed by atoms with Gasteiger partial charge < -0.3 is 25.2 Å². The third-order valence-corrected chi connectivity index (χ3v) is 4.30. The maximum Gasteiger partial charge on any atom is 0.151 e. The Bertz CT molecular complexity index is 646. The largest absolute Gasteiger partial charge is 0.453 e. The number of piperidine rings is 1. The molecule has 5 heteroatoms. The topological polar surface area (TPSA) is 65.0 Å². The molecule has 4 rings (SSSR count). The zero-order valence-electron chi connectivity index (χ0n) is 12.0. The number of anilines is 2. The third kappa shape index (κ3) is 2.06. The summed E-state index contributed by atoms with van der Waals surface area (Å²) >= 11 is 0. The molecule has 114 valence electrons. The van der Waals surface area contributed by atoms with Crippen LogP contribution in [0.3, 0.4) is 0 Å². The number of hydrogen-bond donors (Lipinski definition) is 3. The van der Waals surface area contributed by atoms with Gasteiger partial charge in [0.15, 0.2) is 11.5 Å². The average molecular weight is 298 g/mol. The van der Waals surface area contributed by atoms with Crippen molar-refractivity contribution in [3.05, 3.63) is 48.5 Å².